The molecular weight excluding hydrogens is 324 g/mol. The number of guanidine groups is 1. The van der Waals surface area contributed by atoms with Crippen molar-refractivity contribution in [2.75, 3.05) is 0 Å². The first kappa shape index (κ1) is 20.9. The van der Waals surface area contributed by atoms with Crippen LogP contribution < -0.4 is 16.4 Å². The SMILES string of the molecule is CC(=O)C=C(C)CCC(N)NC(=NC1CCCCC1)NC1CCCCC1. The number of allylic oxidation sites excluding steroid dienone is 2. The van der Waals surface area contributed by atoms with Gasteiger partial charge in [0, 0.05) is 6.04 Å². The summed E-state index contributed by atoms with van der Waals surface area (Å²) in [6, 6.07) is 0.944. The molecule has 2 aliphatic carbocycles. The second-order valence-electron chi connectivity index (χ2n) is 8.14. The lowest BCUT2D eigenvalue weighted by molar-refractivity contribution is -0.112. The van der Waals surface area contributed by atoms with Crippen LogP contribution in [0.25, 0.3) is 0 Å². The minimum atomic E-state index is -0.149. The molecule has 5 nitrogen and oxygen atoms in total. The van der Waals surface area contributed by atoms with E-state index in [1.165, 1.54) is 64.2 Å². The molecule has 0 amide bonds. The highest BCUT2D eigenvalue weighted by Gasteiger charge is 2.18. The molecule has 5 heteroatoms. The molecule has 0 saturated heterocycles. The monoisotopic (exact) mass is 362 g/mol. The number of nitrogens with two attached hydrogens (primary N) is 1. The Morgan fingerprint density at radius 2 is 1.69 bits per heavy atom. The molecule has 0 bridgehead atoms. The number of nitrogens with zero attached hydrogens (tertiary/aromatic N) is 1. The molecule has 26 heavy (non-hydrogen) atoms. The average molecular weight is 363 g/mol. The van der Waals surface area contributed by atoms with Gasteiger partial charge in [0.15, 0.2) is 11.7 Å². The Bertz CT molecular complexity index is 488. The van der Waals surface area contributed by atoms with Gasteiger partial charge in [-0.05, 0) is 58.4 Å². The molecule has 0 radical (unpaired) electrons. The lowest BCUT2D eigenvalue weighted by atomic mass is 9.95. The normalized spacial score (nSPS) is 22.1. The Morgan fingerprint density at radius 1 is 1.08 bits per heavy atom. The minimum absolute atomic E-state index is 0.0996. The number of carbonyl (C=O) groups is 1. The smallest absolute Gasteiger partial charge is 0.192 e. The van der Waals surface area contributed by atoms with E-state index in [9.17, 15) is 4.79 Å². The molecule has 0 aromatic carbocycles. The van der Waals surface area contributed by atoms with Crippen molar-refractivity contribution in [2.24, 2.45) is 10.7 Å². The number of hydrogen-bond donors (Lipinski definition) is 3. The van der Waals surface area contributed by atoms with Crippen LogP contribution in [0.5, 0.6) is 0 Å². The maximum Gasteiger partial charge on any atom is 0.192 e. The molecule has 4 N–H and O–H groups in total. The Kier molecular flexibility index (Phi) is 9.16. The first-order valence-corrected chi connectivity index (χ1v) is 10.6. The summed E-state index contributed by atoms with van der Waals surface area (Å²) >= 11 is 0. The molecule has 2 fully saturated rings. The quantitative estimate of drug-likeness (QED) is 0.279. The molecule has 2 saturated carbocycles. The van der Waals surface area contributed by atoms with E-state index in [-0.39, 0.29) is 11.9 Å². The molecule has 0 aliphatic heterocycles. The van der Waals surface area contributed by atoms with Crippen molar-refractivity contribution in [3.8, 4) is 0 Å². The van der Waals surface area contributed by atoms with Gasteiger partial charge in [0.05, 0.1) is 12.2 Å². The van der Waals surface area contributed by atoms with Crippen molar-refractivity contribution < 1.29 is 4.79 Å². The van der Waals surface area contributed by atoms with Crippen LogP contribution in [-0.2, 0) is 4.79 Å². The number of aliphatic imine (C=N–C) groups is 1. The number of ketones is 1. The van der Waals surface area contributed by atoms with Crippen molar-refractivity contribution in [1.29, 1.82) is 0 Å². The van der Waals surface area contributed by atoms with E-state index in [0.717, 1.165) is 24.4 Å². The van der Waals surface area contributed by atoms with Crippen molar-refractivity contribution >= 4 is 11.7 Å². The third-order valence-electron chi connectivity index (χ3n) is 5.45. The first-order chi connectivity index (χ1) is 12.5. The van der Waals surface area contributed by atoms with Crippen LogP contribution >= 0.6 is 0 Å². The van der Waals surface area contributed by atoms with Crippen LogP contribution in [0, 0.1) is 0 Å². The van der Waals surface area contributed by atoms with E-state index < -0.39 is 0 Å². The molecule has 148 valence electrons. The van der Waals surface area contributed by atoms with Crippen molar-refractivity contribution in [1.82, 2.24) is 10.6 Å². The summed E-state index contributed by atoms with van der Waals surface area (Å²) in [6.07, 6.45) is 15.9. The van der Waals surface area contributed by atoms with E-state index in [1.807, 2.05) is 6.92 Å². The van der Waals surface area contributed by atoms with Gasteiger partial charge >= 0.3 is 0 Å². The average Bonchev–Trinajstić information content (AvgIpc) is 2.61. The van der Waals surface area contributed by atoms with Crippen LogP contribution in [0.15, 0.2) is 16.6 Å². The van der Waals surface area contributed by atoms with Crippen LogP contribution in [-0.4, -0.2) is 30.0 Å². The fourth-order valence-corrected chi connectivity index (χ4v) is 4.00. The lowest BCUT2D eigenvalue weighted by Crippen LogP contribution is -2.51. The van der Waals surface area contributed by atoms with E-state index >= 15 is 0 Å². The summed E-state index contributed by atoms with van der Waals surface area (Å²) in [5.41, 5.74) is 7.40. The zero-order valence-corrected chi connectivity index (χ0v) is 16.7. The van der Waals surface area contributed by atoms with Crippen LogP contribution in [0.3, 0.4) is 0 Å². The van der Waals surface area contributed by atoms with Gasteiger partial charge in [0.1, 0.15) is 0 Å². The first-order valence-electron chi connectivity index (χ1n) is 10.6. The molecule has 0 spiro atoms. The summed E-state index contributed by atoms with van der Waals surface area (Å²) in [4.78, 5) is 16.2. The van der Waals surface area contributed by atoms with E-state index in [4.69, 9.17) is 10.7 Å². The summed E-state index contributed by atoms with van der Waals surface area (Å²) in [5.74, 6) is 0.993. The third kappa shape index (κ3) is 8.35. The van der Waals surface area contributed by atoms with Gasteiger partial charge in [-0.15, -0.1) is 0 Å². The van der Waals surface area contributed by atoms with Crippen LogP contribution in [0.4, 0.5) is 0 Å². The van der Waals surface area contributed by atoms with Gasteiger partial charge in [0.25, 0.3) is 0 Å². The van der Waals surface area contributed by atoms with Crippen molar-refractivity contribution in [3.63, 3.8) is 0 Å². The number of carbonyl (C=O) groups excluding carboxylic acids is 1. The van der Waals surface area contributed by atoms with Crippen LogP contribution in [0.1, 0.15) is 90.9 Å². The summed E-state index contributed by atoms with van der Waals surface area (Å²) in [5, 5.41) is 7.07. The van der Waals surface area contributed by atoms with Crippen molar-refractivity contribution in [3.05, 3.63) is 11.6 Å². The van der Waals surface area contributed by atoms with E-state index in [2.05, 4.69) is 10.6 Å². The molecule has 1 atom stereocenters. The van der Waals surface area contributed by atoms with Gasteiger partial charge < -0.3 is 16.4 Å². The molecular formula is C21H38N4O. The van der Waals surface area contributed by atoms with Gasteiger partial charge in [-0.25, -0.2) is 4.99 Å². The predicted molar refractivity (Wildman–Crippen MR) is 109 cm³/mol. The van der Waals surface area contributed by atoms with Gasteiger partial charge in [-0.1, -0.05) is 44.1 Å². The highest BCUT2D eigenvalue weighted by atomic mass is 16.1. The predicted octanol–water partition coefficient (Wildman–Crippen LogP) is 3.79. The summed E-state index contributed by atoms with van der Waals surface area (Å²) in [6.45, 7) is 3.58. The minimum Gasteiger partial charge on any atom is -0.354 e. The number of nitrogens with one attached hydrogen (secondary N) is 2. The fraction of sp³-hybridized carbons (Fsp3) is 0.810. The van der Waals surface area contributed by atoms with Gasteiger partial charge in [0.2, 0.25) is 0 Å². The summed E-state index contributed by atoms with van der Waals surface area (Å²) in [7, 11) is 0. The lowest BCUT2D eigenvalue weighted by Gasteiger charge is -2.28. The summed E-state index contributed by atoms with van der Waals surface area (Å²) < 4.78 is 0. The maximum absolute atomic E-state index is 11.2. The van der Waals surface area contributed by atoms with E-state index in [1.54, 1.807) is 13.0 Å². The Balaban J connectivity index is 1.90. The number of hydrogen-bond acceptors (Lipinski definition) is 3. The Hall–Kier alpha value is -1.36. The maximum atomic E-state index is 11.2. The Morgan fingerprint density at radius 3 is 2.31 bits per heavy atom. The molecule has 1 unspecified atom stereocenters. The third-order valence-corrected chi connectivity index (χ3v) is 5.45. The molecule has 2 rings (SSSR count). The fourth-order valence-electron chi connectivity index (χ4n) is 4.00. The molecule has 2 aliphatic rings. The highest BCUT2D eigenvalue weighted by Crippen LogP contribution is 2.21. The zero-order valence-electron chi connectivity index (χ0n) is 16.7. The standard InChI is InChI=1S/C21H38N4O/c1-16(15-17(2)26)13-14-20(22)25-21(23-18-9-5-3-6-10-18)24-19-11-7-4-8-12-19/h15,18-20H,3-14,22H2,1-2H3,(H2,23,24,25). The largest absolute Gasteiger partial charge is 0.354 e. The topological polar surface area (TPSA) is 79.5 Å². The van der Waals surface area contributed by atoms with Gasteiger partial charge in [-0.3, -0.25) is 4.79 Å². The molecule has 0 heterocycles. The van der Waals surface area contributed by atoms with Crippen molar-refractivity contribution in [2.45, 2.75) is 109 Å². The number of rotatable bonds is 7. The second kappa shape index (κ2) is 11.4. The van der Waals surface area contributed by atoms with Gasteiger partial charge in [-0.2, -0.15) is 0 Å². The van der Waals surface area contributed by atoms with Crippen LogP contribution in [0.2, 0.25) is 0 Å². The second-order valence-corrected chi connectivity index (χ2v) is 8.14. The Labute approximate surface area is 159 Å². The zero-order chi connectivity index (χ0) is 18.8. The molecule has 0 aromatic heterocycles. The molecule has 0 aromatic rings. The van der Waals surface area contributed by atoms with E-state index in [0.29, 0.717) is 12.1 Å². The highest BCUT2D eigenvalue weighted by molar-refractivity contribution is 5.87.